The van der Waals surface area contributed by atoms with Crippen molar-refractivity contribution in [2.45, 2.75) is 44.4 Å². The molecule has 0 bridgehead atoms. The number of H-pyrrole nitrogens is 1. The van der Waals surface area contributed by atoms with E-state index in [0.29, 0.717) is 6.42 Å². The van der Waals surface area contributed by atoms with E-state index in [1.807, 2.05) is 49.0 Å². The molecule has 5 nitrogen and oxygen atoms in total. The van der Waals surface area contributed by atoms with Gasteiger partial charge in [0.25, 0.3) is 5.56 Å². The highest BCUT2D eigenvalue weighted by Crippen LogP contribution is 2.33. The van der Waals surface area contributed by atoms with E-state index in [1.54, 1.807) is 0 Å². The topological polar surface area (TPSA) is 74.5 Å². The van der Waals surface area contributed by atoms with Gasteiger partial charge in [-0.15, -0.1) is 0 Å². The molecule has 1 aliphatic rings. The molecule has 2 aromatic heterocycles. The van der Waals surface area contributed by atoms with Gasteiger partial charge in [0, 0.05) is 35.3 Å². The van der Waals surface area contributed by atoms with E-state index in [-0.39, 0.29) is 5.56 Å². The van der Waals surface area contributed by atoms with E-state index in [9.17, 15) is 10.1 Å². The summed E-state index contributed by atoms with van der Waals surface area (Å²) in [5, 5.41) is 17.0. The molecule has 0 saturated heterocycles. The van der Waals surface area contributed by atoms with Crippen molar-refractivity contribution >= 4 is 21.8 Å². The zero-order valence-corrected chi connectivity index (χ0v) is 17.3. The fourth-order valence-corrected chi connectivity index (χ4v) is 4.87. The lowest BCUT2D eigenvalue weighted by molar-refractivity contribution is 0.590. The maximum Gasteiger partial charge on any atom is 0.251 e. The maximum atomic E-state index is 12.6. The normalized spacial score (nSPS) is 15.6. The zero-order chi connectivity index (χ0) is 20.9. The molecule has 0 spiro atoms. The fourth-order valence-electron chi connectivity index (χ4n) is 4.87. The number of nitrogens with one attached hydrogen (secondary N) is 1. The molecule has 5 rings (SSSR count). The Morgan fingerprint density at radius 3 is 2.70 bits per heavy atom. The number of aromatic amines is 1. The molecule has 1 N–H and O–H groups in total. The lowest BCUT2D eigenvalue weighted by Gasteiger charge is -2.23. The van der Waals surface area contributed by atoms with Gasteiger partial charge < -0.3 is 4.98 Å². The Bertz CT molecular complexity index is 1390. The summed E-state index contributed by atoms with van der Waals surface area (Å²) in [6, 6.07) is 16.7. The van der Waals surface area contributed by atoms with Crippen molar-refractivity contribution < 1.29 is 0 Å². The standard InChI is InChI=1S/C25H24N4O/c1-25(15-26,14-22-20-9-5-6-10-23(20)29(2)28-22)16-11-12-18-17-7-3-4-8-19(17)24(30)27-21(18)13-16/h5-6,9-13H,3-4,7-8,14H2,1-2H3,(H,27,30). The van der Waals surface area contributed by atoms with Gasteiger partial charge in [-0.1, -0.05) is 30.3 Å². The Kier molecular flexibility index (Phi) is 4.25. The Morgan fingerprint density at radius 2 is 1.90 bits per heavy atom. The van der Waals surface area contributed by atoms with Crippen LogP contribution in [-0.4, -0.2) is 14.8 Å². The average molecular weight is 396 g/mol. The van der Waals surface area contributed by atoms with E-state index in [4.69, 9.17) is 5.10 Å². The molecule has 1 aliphatic carbocycles. The summed E-state index contributed by atoms with van der Waals surface area (Å²) in [4.78, 5) is 15.7. The Balaban J connectivity index is 1.61. The molecule has 0 amide bonds. The van der Waals surface area contributed by atoms with E-state index >= 15 is 0 Å². The maximum absolute atomic E-state index is 12.6. The molecule has 1 unspecified atom stereocenters. The van der Waals surface area contributed by atoms with Gasteiger partial charge in [0.2, 0.25) is 0 Å². The van der Waals surface area contributed by atoms with Gasteiger partial charge >= 0.3 is 0 Å². The molecule has 0 saturated carbocycles. The van der Waals surface area contributed by atoms with Gasteiger partial charge in [0.15, 0.2) is 0 Å². The van der Waals surface area contributed by atoms with Crippen LogP contribution in [0.3, 0.4) is 0 Å². The van der Waals surface area contributed by atoms with E-state index in [0.717, 1.165) is 64.3 Å². The van der Waals surface area contributed by atoms with Crippen molar-refractivity contribution in [3.63, 3.8) is 0 Å². The fraction of sp³-hybridized carbons (Fsp3) is 0.320. The van der Waals surface area contributed by atoms with Crippen LogP contribution >= 0.6 is 0 Å². The molecule has 1 atom stereocenters. The molecule has 4 aromatic rings. The summed E-state index contributed by atoms with van der Waals surface area (Å²) in [7, 11) is 1.93. The molecule has 0 radical (unpaired) electrons. The number of benzene rings is 2. The van der Waals surface area contributed by atoms with E-state index in [1.165, 1.54) is 5.56 Å². The minimum Gasteiger partial charge on any atom is -0.322 e. The number of para-hydroxylation sites is 1. The minimum absolute atomic E-state index is 0.0173. The molecule has 30 heavy (non-hydrogen) atoms. The minimum atomic E-state index is -0.752. The third-order valence-electron chi connectivity index (χ3n) is 6.57. The third kappa shape index (κ3) is 2.83. The highest BCUT2D eigenvalue weighted by atomic mass is 16.1. The predicted molar refractivity (Wildman–Crippen MR) is 119 cm³/mol. The van der Waals surface area contributed by atoms with Gasteiger partial charge in [-0.3, -0.25) is 9.48 Å². The number of hydrogen-bond donors (Lipinski definition) is 1. The summed E-state index contributed by atoms with van der Waals surface area (Å²) in [6.45, 7) is 1.95. The predicted octanol–water partition coefficient (Wildman–Crippen LogP) is 4.32. The number of fused-ring (bicyclic) bond motifs is 4. The number of nitriles is 1. The van der Waals surface area contributed by atoms with Crippen LogP contribution in [-0.2, 0) is 31.7 Å². The van der Waals surface area contributed by atoms with Gasteiger partial charge in [-0.05, 0) is 55.9 Å². The molecular formula is C25H24N4O. The first-order chi connectivity index (χ1) is 14.5. The van der Waals surface area contributed by atoms with Crippen molar-refractivity contribution in [2.24, 2.45) is 7.05 Å². The monoisotopic (exact) mass is 396 g/mol. The molecule has 2 aromatic carbocycles. The van der Waals surface area contributed by atoms with Crippen LogP contribution in [0.5, 0.6) is 0 Å². The SMILES string of the molecule is Cn1nc(CC(C)(C#N)c2ccc3c4c(c(=O)[nH]c3c2)CCCC4)c2ccccc21. The second kappa shape index (κ2) is 6.84. The summed E-state index contributed by atoms with van der Waals surface area (Å²) in [5.74, 6) is 0. The van der Waals surface area contributed by atoms with E-state index in [2.05, 4.69) is 23.2 Å². The first kappa shape index (κ1) is 18.6. The first-order valence-corrected chi connectivity index (χ1v) is 10.5. The number of pyridine rings is 1. The summed E-state index contributed by atoms with van der Waals surface area (Å²) >= 11 is 0. The number of hydrogen-bond acceptors (Lipinski definition) is 3. The molecule has 2 heterocycles. The zero-order valence-electron chi connectivity index (χ0n) is 17.3. The summed E-state index contributed by atoms with van der Waals surface area (Å²) in [6.07, 6.45) is 4.50. The third-order valence-corrected chi connectivity index (χ3v) is 6.57. The molecule has 0 aliphatic heterocycles. The van der Waals surface area contributed by atoms with Crippen LogP contribution in [0, 0.1) is 11.3 Å². The highest BCUT2D eigenvalue weighted by molar-refractivity contribution is 5.85. The molecular weight excluding hydrogens is 372 g/mol. The van der Waals surface area contributed by atoms with Crippen molar-refractivity contribution in [3.05, 3.63) is 75.2 Å². The van der Waals surface area contributed by atoms with Crippen molar-refractivity contribution in [3.8, 4) is 6.07 Å². The van der Waals surface area contributed by atoms with Crippen LogP contribution in [0.15, 0.2) is 47.3 Å². The van der Waals surface area contributed by atoms with Crippen LogP contribution in [0.4, 0.5) is 0 Å². The summed E-state index contributed by atoms with van der Waals surface area (Å²) in [5.41, 5.74) is 5.08. The van der Waals surface area contributed by atoms with Crippen molar-refractivity contribution in [1.82, 2.24) is 14.8 Å². The van der Waals surface area contributed by atoms with Crippen molar-refractivity contribution in [2.75, 3.05) is 0 Å². The van der Waals surface area contributed by atoms with Crippen molar-refractivity contribution in [1.29, 1.82) is 5.26 Å². The Labute approximate surface area is 175 Å². The summed E-state index contributed by atoms with van der Waals surface area (Å²) < 4.78 is 1.87. The second-order valence-corrected chi connectivity index (χ2v) is 8.59. The number of aryl methyl sites for hydroxylation is 2. The van der Waals surface area contributed by atoms with Crippen LogP contribution < -0.4 is 5.56 Å². The largest absolute Gasteiger partial charge is 0.322 e. The quantitative estimate of drug-likeness (QED) is 0.560. The highest BCUT2D eigenvalue weighted by Gasteiger charge is 2.30. The lowest BCUT2D eigenvalue weighted by atomic mass is 9.78. The number of aromatic nitrogens is 3. The molecule has 150 valence electrons. The Morgan fingerprint density at radius 1 is 1.13 bits per heavy atom. The molecule has 0 fully saturated rings. The van der Waals surface area contributed by atoms with Gasteiger partial charge in [0.1, 0.15) is 0 Å². The van der Waals surface area contributed by atoms with Gasteiger partial charge in [-0.2, -0.15) is 10.4 Å². The Hall–Kier alpha value is -3.39. The molecule has 5 heteroatoms. The number of rotatable bonds is 3. The average Bonchev–Trinajstić information content (AvgIpc) is 3.09. The number of nitrogens with zero attached hydrogens (tertiary/aromatic N) is 3. The first-order valence-electron chi connectivity index (χ1n) is 10.5. The smallest absolute Gasteiger partial charge is 0.251 e. The van der Waals surface area contributed by atoms with Crippen LogP contribution in [0.1, 0.15) is 42.1 Å². The van der Waals surface area contributed by atoms with E-state index < -0.39 is 5.41 Å². The van der Waals surface area contributed by atoms with Crippen LogP contribution in [0.2, 0.25) is 0 Å². The van der Waals surface area contributed by atoms with Crippen LogP contribution in [0.25, 0.3) is 21.8 Å². The van der Waals surface area contributed by atoms with Gasteiger partial charge in [-0.25, -0.2) is 0 Å². The van der Waals surface area contributed by atoms with Gasteiger partial charge in [0.05, 0.1) is 22.7 Å². The lowest BCUT2D eigenvalue weighted by Crippen LogP contribution is -2.24. The second-order valence-electron chi connectivity index (χ2n) is 8.59.